The Bertz CT molecular complexity index is 1060. The summed E-state index contributed by atoms with van der Waals surface area (Å²) in [6.07, 6.45) is 0. The molecule has 0 saturated heterocycles. The number of carboxylic acids is 1. The molecule has 31 heavy (non-hydrogen) atoms. The number of carboxylic acid groups (broad SMARTS) is 1. The van der Waals surface area contributed by atoms with Gasteiger partial charge in [-0.3, -0.25) is 14.4 Å². The van der Waals surface area contributed by atoms with Gasteiger partial charge in [0.15, 0.2) is 5.76 Å². The summed E-state index contributed by atoms with van der Waals surface area (Å²) in [5.74, 6) is -1.90. The van der Waals surface area contributed by atoms with E-state index in [9.17, 15) is 14.4 Å². The van der Waals surface area contributed by atoms with Crippen LogP contribution in [0.25, 0.3) is 11.0 Å². The second-order valence-corrected chi connectivity index (χ2v) is 6.65. The number of methoxy groups -OCH3 is 1. The van der Waals surface area contributed by atoms with Gasteiger partial charge in [-0.05, 0) is 29.8 Å². The Balaban J connectivity index is 1.69. The van der Waals surface area contributed by atoms with Crippen LogP contribution < -0.4 is 15.4 Å². The van der Waals surface area contributed by atoms with E-state index in [1.54, 1.807) is 18.2 Å². The third-order valence-electron chi connectivity index (χ3n) is 4.38. The van der Waals surface area contributed by atoms with Crippen LogP contribution in [0.15, 0.2) is 59.0 Å². The van der Waals surface area contributed by atoms with Gasteiger partial charge in [-0.25, -0.2) is 0 Å². The minimum absolute atomic E-state index is 0.00217. The molecular weight excluding hydrogens is 404 g/mol. The van der Waals surface area contributed by atoms with Gasteiger partial charge < -0.3 is 29.6 Å². The molecule has 0 aliphatic carbocycles. The van der Waals surface area contributed by atoms with Gasteiger partial charge in [0.25, 0.3) is 5.91 Å². The Morgan fingerprint density at radius 2 is 1.87 bits per heavy atom. The van der Waals surface area contributed by atoms with E-state index in [1.807, 2.05) is 30.3 Å². The van der Waals surface area contributed by atoms with Crippen LogP contribution >= 0.6 is 0 Å². The number of nitrogens with one attached hydrogen (secondary N) is 2. The van der Waals surface area contributed by atoms with Crippen LogP contribution in [-0.4, -0.2) is 49.2 Å². The number of carbonyl (C=O) groups is 3. The van der Waals surface area contributed by atoms with E-state index in [0.29, 0.717) is 16.7 Å². The molecule has 1 atom stereocenters. The highest BCUT2D eigenvalue weighted by Gasteiger charge is 2.24. The second kappa shape index (κ2) is 10.3. The van der Waals surface area contributed by atoms with Gasteiger partial charge in [0.1, 0.15) is 23.9 Å². The van der Waals surface area contributed by atoms with Gasteiger partial charge in [-0.1, -0.05) is 30.3 Å². The third-order valence-corrected chi connectivity index (χ3v) is 4.38. The van der Waals surface area contributed by atoms with E-state index in [0.717, 1.165) is 5.56 Å². The van der Waals surface area contributed by atoms with Crippen molar-refractivity contribution in [1.82, 2.24) is 10.6 Å². The molecule has 0 unspecified atom stereocenters. The number of aliphatic carboxylic acids is 1. The predicted octanol–water partition coefficient (Wildman–Crippen LogP) is 1.96. The number of ether oxygens (including phenoxy) is 2. The van der Waals surface area contributed by atoms with E-state index in [1.165, 1.54) is 13.2 Å². The fraction of sp³-hybridized carbons (Fsp3) is 0.227. The SMILES string of the molecule is COc1ccc2oc(C(=O)N[C@@H](COCc3ccccc3)C(=O)NCC(=O)O)cc2c1. The molecule has 1 aromatic heterocycles. The second-order valence-electron chi connectivity index (χ2n) is 6.65. The molecule has 2 amide bonds. The normalized spacial score (nSPS) is 11.6. The van der Waals surface area contributed by atoms with E-state index in [-0.39, 0.29) is 19.0 Å². The van der Waals surface area contributed by atoms with Crippen molar-refractivity contribution in [2.75, 3.05) is 20.3 Å². The smallest absolute Gasteiger partial charge is 0.322 e. The zero-order valence-corrected chi connectivity index (χ0v) is 16.8. The lowest BCUT2D eigenvalue weighted by Crippen LogP contribution is -2.50. The number of hydrogen-bond acceptors (Lipinski definition) is 6. The highest BCUT2D eigenvalue weighted by Crippen LogP contribution is 2.24. The summed E-state index contributed by atoms with van der Waals surface area (Å²) in [5, 5.41) is 14.2. The van der Waals surface area contributed by atoms with Gasteiger partial charge in [-0.2, -0.15) is 0 Å². The molecule has 0 saturated carbocycles. The molecular formula is C22H22N2O7. The summed E-state index contributed by atoms with van der Waals surface area (Å²) >= 11 is 0. The molecule has 0 aliphatic rings. The summed E-state index contributed by atoms with van der Waals surface area (Å²) < 4.78 is 16.3. The first-order valence-corrected chi connectivity index (χ1v) is 9.46. The van der Waals surface area contributed by atoms with Crippen molar-refractivity contribution in [3.8, 4) is 5.75 Å². The molecule has 3 aromatic rings. The predicted molar refractivity (Wildman–Crippen MR) is 111 cm³/mol. The Morgan fingerprint density at radius 3 is 2.58 bits per heavy atom. The summed E-state index contributed by atoms with van der Waals surface area (Å²) in [5.41, 5.74) is 1.38. The van der Waals surface area contributed by atoms with Crippen molar-refractivity contribution in [2.45, 2.75) is 12.6 Å². The summed E-state index contributed by atoms with van der Waals surface area (Å²) in [6, 6.07) is 14.8. The molecule has 3 N–H and O–H groups in total. The maximum Gasteiger partial charge on any atom is 0.322 e. The largest absolute Gasteiger partial charge is 0.497 e. The van der Waals surface area contributed by atoms with Crippen LogP contribution in [0.1, 0.15) is 16.1 Å². The van der Waals surface area contributed by atoms with Gasteiger partial charge in [0, 0.05) is 5.39 Å². The number of benzene rings is 2. The molecule has 0 radical (unpaired) electrons. The van der Waals surface area contributed by atoms with E-state index in [2.05, 4.69) is 10.6 Å². The first-order chi connectivity index (χ1) is 15.0. The molecule has 0 fully saturated rings. The highest BCUT2D eigenvalue weighted by molar-refractivity contribution is 5.99. The third kappa shape index (κ3) is 6.06. The summed E-state index contributed by atoms with van der Waals surface area (Å²) in [7, 11) is 1.53. The highest BCUT2D eigenvalue weighted by atomic mass is 16.5. The Labute approximate surface area is 177 Å². The van der Waals surface area contributed by atoms with Gasteiger partial charge in [-0.15, -0.1) is 0 Å². The van der Waals surface area contributed by atoms with Crippen LogP contribution in [0.3, 0.4) is 0 Å². The summed E-state index contributed by atoms with van der Waals surface area (Å²) in [4.78, 5) is 35.8. The fourth-order valence-corrected chi connectivity index (χ4v) is 2.83. The van der Waals surface area contributed by atoms with Crippen LogP contribution in [0, 0.1) is 0 Å². The van der Waals surface area contributed by atoms with Crippen molar-refractivity contribution in [2.24, 2.45) is 0 Å². The van der Waals surface area contributed by atoms with Gasteiger partial charge >= 0.3 is 5.97 Å². The van der Waals surface area contributed by atoms with Crippen LogP contribution in [0.4, 0.5) is 0 Å². The van der Waals surface area contributed by atoms with Gasteiger partial charge in [0.2, 0.25) is 5.91 Å². The lowest BCUT2D eigenvalue weighted by atomic mass is 10.2. The Morgan fingerprint density at radius 1 is 1.10 bits per heavy atom. The first kappa shape index (κ1) is 21.8. The number of fused-ring (bicyclic) bond motifs is 1. The molecule has 9 heteroatoms. The van der Waals surface area contributed by atoms with Crippen molar-refractivity contribution >= 4 is 28.8 Å². The van der Waals surface area contributed by atoms with Crippen molar-refractivity contribution in [1.29, 1.82) is 0 Å². The lowest BCUT2D eigenvalue weighted by Gasteiger charge is -2.17. The minimum Gasteiger partial charge on any atom is -0.497 e. The molecule has 2 aromatic carbocycles. The molecule has 0 spiro atoms. The average molecular weight is 426 g/mol. The standard InChI is InChI=1S/C22H22N2O7/c1-29-16-7-8-18-15(9-16)10-19(31-18)22(28)24-17(21(27)23-11-20(25)26)13-30-12-14-5-3-2-4-6-14/h2-10,17H,11-13H2,1H3,(H,23,27)(H,24,28)(H,25,26)/t17-/m0/s1. The van der Waals surface area contributed by atoms with Gasteiger partial charge in [0.05, 0.1) is 20.3 Å². The molecule has 9 nitrogen and oxygen atoms in total. The van der Waals surface area contributed by atoms with Crippen LogP contribution in [-0.2, 0) is 20.9 Å². The Hall–Kier alpha value is -3.85. The lowest BCUT2D eigenvalue weighted by molar-refractivity contribution is -0.138. The quantitative estimate of drug-likeness (QED) is 0.452. The van der Waals surface area contributed by atoms with E-state index >= 15 is 0 Å². The molecule has 1 heterocycles. The van der Waals surface area contributed by atoms with Crippen molar-refractivity contribution in [3.05, 3.63) is 65.9 Å². The number of hydrogen-bond donors (Lipinski definition) is 3. The van der Waals surface area contributed by atoms with Crippen LogP contribution in [0.5, 0.6) is 5.75 Å². The zero-order valence-electron chi connectivity index (χ0n) is 16.8. The molecule has 0 bridgehead atoms. The number of furan rings is 1. The monoisotopic (exact) mass is 426 g/mol. The topological polar surface area (TPSA) is 127 Å². The zero-order chi connectivity index (χ0) is 22.2. The minimum atomic E-state index is -1.20. The number of rotatable bonds is 10. The van der Waals surface area contributed by atoms with E-state index in [4.69, 9.17) is 19.0 Å². The molecule has 3 rings (SSSR count). The molecule has 0 aliphatic heterocycles. The summed E-state index contributed by atoms with van der Waals surface area (Å²) in [6.45, 7) is -0.502. The maximum absolute atomic E-state index is 12.7. The Kier molecular flexibility index (Phi) is 7.23. The average Bonchev–Trinajstić information content (AvgIpc) is 3.21. The number of carbonyl (C=O) groups excluding carboxylic acids is 2. The van der Waals surface area contributed by atoms with Crippen molar-refractivity contribution in [3.63, 3.8) is 0 Å². The first-order valence-electron chi connectivity index (χ1n) is 9.46. The van der Waals surface area contributed by atoms with Crippen LogP contribution in [0.2, 0.25) is 0 Å². The molecule has 162 valence electrons. The fourth-order valence-electron chi connectivity index (χ4n) is 2.83. The van der Waals surface area contributed by atoms with E-state index < -0.39 is 30.4 Å². The van der Waals surface area contributed by atoms with Crippen molar-refractivity contribution < 1.29 is 33.4 Å². The number of amides is 2. The maximum atomic E-state index is 12.7.